The molecule has 178 valence electrons. The van der Waals surface area contributed by atoms with Crippen LogP contribution in [0.25, 0.3) is 5.69 Å². The molecule has 0 aliphatic carbocycles. The van der Waals surface area contributed by atoms with Gasteiger partial charge in [-0.15, -0.1) is 0 Å². The van der Waals surface area contributed by atoms with Crippen LogP contribution in [-0.2, 0) is 0 Å². The molecule has 1 saturated heterocycles. The highest BCUT2D eigenvalue weighted by atomic mass is 32.1. The maximum Gasteiger partial charge on any atom is 0.174 e. The van der Waals surface area contributed by atoms with E-state index in [1.165, 1.54) is 33.8 Å². The monoisotopic (exact) mass is 480 g/mol. The van der Waals surface area contributed by atoms with Gasteiger partial charge < -0.3 is 14.8 Å². The van der Waals surface area contributed by atoms with Gasteiger partial charge in [-0.2, -0.15) is 0 Å². The average Bonchev–Trinajstić information content (AvgIpc) is 3.35. The molecule has 35 heavy (non-hydrogen) atoms. The molecule has 0 bridgehead atoms. The van der Waals surface area contributed by atoms with Gasteiger partial charge in [-0.05, 0) is 92.5 Å². The fourth-order valence-electron chi connectivity index (χ4n) is 5.15. The first kappa shape index (κ1) is 23.3. The van der Waals surface area contributed by atoms with E-state index < -0.39 is 0 Å². The lowest BCUT2D eigenvalue weighted by molar-refractivity contribution is 0.565. The number of nitrogens with one attached hydrogen (secondary N) is 1. The third-order valence-electron chi connectivity index (χ3n) is 7.02. The summed E-state index contributed by atoms with van der Waals surface area (Å²) >= 11 is 5.93. The minimum absolute atomic E-state index is 0.0206. The van der Waals surface area contributed by atoms with Gasteiger partial charge in [0.15, 0.2) is 5.11 Å². The van der Waals surface area contributed by atoms with Crippen LogP contribution in [0.1, 0.15) is 65.6 Å². The quantitative estimate of drug-likeness (QED) is 0.309. The lowest BCUT2D eigenvalue weighted by atomic mass is 9.96. The van der Waals surface area contributed by atoms with Crippen LogP contribution in [0, 0.1) is 20.8 Å². The van der Waals surface area contributed by atoms with E-state index in [-0.39, 0.29) is 12.1 Å². The first-order valence-corrected chi connectivity index (χ1v) is 12.6. The first-order valence-electron chi connectivity index (χ1n) is 12.2. The summed E-state index contributed by atoms with van der Waals surface area (Å²) < 4.78 is 2.34. The number of aryl methyl sites for hydroxylation is 2. The molecule has 5 heteroatoms. The second-order valence-electron chi connectivity index (χ2n) is 9.74. The molecule has 0 amide bonds. The molecular formula is C30H32N4S. The van der Waals surface area contributed by atoms with Crippen LogP contribution in [0.15, 0.2) is 79.0 Å². The normalized spacial score (nSPS) is 17.8. The van der Waals surface area contributed by atoms with Crippen LogP contribution in [0.3, 0.4) is 0 Å². The Bertz CT molecular complexity index is 1340. The molecule has 1 aliphatic heterocycles. The number of pyridine rings is 1. The summed E-state index contributed by atoms with van der Waals surface area (Å²) in [5, 5.41) is 4.32. The molecule has 1 N–H and O–H groups in total. The molecule has 4 nitrogen and oxygen atoms in total. The van der Waals surface area contributed by atoms with Gasteiger partial charge in [0, 0.05) is 29.0 Å². The fraction of sp³-hybridized carbons (Fsp3) is 0.267. The Balaban J connectivity index is 1.65. The van der Waals surface area contributed by atoms with Gasteiger partial charge in [-0.1, -0.05) is 49.7 Å². The summed E-state index contributed by atoms with van der Waals surface area (Å²) in [5.41, 5.74) is 9.50. The minimum atomic E-state index is -0.0551. The minimum Gasteiger partial charge on any atom is -0.351 e. The Labute approximate surface area is 213 Å². The number of hydrogen-bond donors (Lipinski definition) is 1. The van der Waals surface area contributed by atoms with Gasteiger partial charge in [-0.25, -0.2) is 0 Å². The third-order valence-corrected chi connectivity index (χ3v) is 7.33. The molecular weight excluding hydrogens is 448 g/mol. The number of nitrogens with zero attached hydrogens (tertiary/aromatic N) is 3. The summed E-state index contributed by atoms with van der Waals surface area (Å²) in [4.78, 5) is 6.97. The molecule has 0 unspecified atom stereocenters. The van der Waals surface area contributed by atoms with E-state index in [0.29, 0.717) is 5.92 Å². The van der Waals surface area contributed by atoms with Crippen molar-refractivity contribution in [1.82, 2.24) is 14.9 Å². The van der Waals surface area contributed by atoms with Gasteiger partial charge in [-0.3, -0.25) is 4.98 Å². The predicted molar refractivity (Wildman–Crippen MR) is 148 cm³/mol. The van der Waals surface area contributed by atoms with Crippen LogP contribution < -0.4 is 10.2 Å². The number of benzene rings is 2. The zero-order valence-electron chi connectivity index (χ0n) is 21.0. The summed E-state index contributed by atoms with van der Waals surface area (Å²) in [6.07, 6.45) is 1.85. The number of hydrogen-bond acceptors (Lipinski definition) is 2. The first-order chi connectivity index (χ1) is 16.8. The molecule has 0 radical (unpaired) electrons. The SMILES string of the molecule is Cc1ccc(-n2c(C)cc([C@@H]3[C@H](c4ccccn4)NC(=S)N3c3ccc(C(C)C)cc3)c2C)cc1. The average molecular weight is 481 g/mol. The smallest absolute Gasteiger partial charge is 0.174 e. The highest BCUT2D eigenvalue weighted by Crippen LogP contribution is 2.43. The van der Waals surface area contributed by atoms with Gasteiger partial charge in [0.1, 0.15) is 0 Å². The molecule has 5 rings (SSSR count). The zero-order valence-corrected chi connectivity index (χ0v) is 21.8. The Morgan fingerprint density at radius 2 is 1.57 bits per heavy atom. The van der Waals surface area contributed by atoms with Crippen LogP contribution in [-0.4, -0.2) is 14.7 Å². The molecule has 2 aromatic carbocycles. The van der Waals surface area contributed by atoms with Crippen LogP contribution in [0.2, 0.25) is 0 Å². The van der Waals surface area contributed by atoms with Crippen molar-refractivity contribution >= 4 is 23.0 Å². The lowest BCUT2D eigenvalue weighted by Crippen LogP contribution is -2.29. The van der Waals surface area contributed by atoms with Crippen molar-refractivity contribution in [2.24, 2.45) is 0 Å². The molecule has 1 aliphatic rings. The third kappa shape index (κ3) is 4.25. The van der Waals surface area contributed by atoms with E-state index in [9.17, 15) is 0 Å². The van der Waals surface area contributed by atoms with Crippen LogP contribution >= 0.6 is 12.2 Å². The fourth-order valence-corrected chi connectivity index (χ4v) is 5.49. The van der Waals surface area contributed by atoms with E-state index in [0.717, 1.165) is 16.5 Å². The van der Waals surface area contributed by atoms with Gasteiger partial charge >= 0.3 is 0 Å². The summed E-state index contributed by atoms with van der Waals surface area (Å²) in [6.45, 7) is 10.9. The second kappa shape index (κ2) is 9.31. The maximum atomic E-state index is 5.93. The molecule has 3 heterocycles. The van der Waals surface area contributed by atoms with E-state index in [1.807, 2.05) is 18.3 Å². The van der Waals surface area contributed by atoms with Crippen LogP contribution in [0.4, 0.5) is 5.69 Å². The van der Waals surface area contributed by atoms with Crippen molar-refractivity contribution < 1.29 is 0 Å². The van der Waals surface area contributed by atoms with E-state index in [1.54, 1.807) is 0 Å². The van der Waals surface area contributed by atoms with Crippen molar-refractivity contribution in [3.05, 3.63) is 113 Å². The zero-order chi connectivity index (χ0) is 24.7. The Morgan fingerprint density at radius 1 is 0.886 bits per heavy atom. The van der Waals surface area contributed by atoms with Crippen molar-refractivity contribution in [2.75, 3.05) is 4.90 Å². The molecule has 4 aromatic rings. The Hall–Kier alpha value is -3.44. The number of thiocarbonyl (C=S) groups is 1. The highest BCUT2D eigenvalue weighted by Gasteiger charge is 2.42. The van der Waals surface area contributed by atoms with Crippen molar-refractivity contribution in [1.29, 1.82) is 0 Å². The van der Waals surface area contributed by atoms with Gasteiger partial charge in [0.25, 0.3) is 0 Å². The highest BCUT2D eigenvalue weighted by molar-refractivity contribution is 7.80. The summed E-state index contributed by atoms with van der Waals surface area (Å²) in [7, 11) is 0. The molecule has 0 spiro atoms. The van der Waals surface area contributed by atoms with Crippen LogP contribution in [0.5, 0.6) is 0 Å². The van der Waals surface area contributed by atoms with Crippen molar-refractivity contribution in [2.45, 2.75) is 52.6 Å². The van der Waals surface area contributed by atoms with Gasteiger partial charge in [0.05, 0.1) is 17.8 Å². The predicted octanol–water partition coefficient (Wildman–Crippen LogP) is 7.10. The maximum absolute atomic E-state index is 5.93. The molecule has 1 fully saturated rings. The molecule has 2 atom stereocenters. The summed E-state index contributed by atoms with van der Waals surface area (Å²) in [6, 6.07) is 25.8. The number of aromatic nitrogens is 2. The topological polar surface area (TPSA) is 33.1 Å². The van der Waals surface area contributed by atoms with E-state index >= 15 is 0 Å². The molecule has 0 saturated carbocycles. The standard InChI is InChI=1S/C30H32N4S/c1-19(2)23-11-15-25(16-12-23)34-29(28(32-30(34)35)27-8-6-7-17-31-27)26-18-21(4)33(22(26)5)24-13-9-20(3)10-14-24/h6-19,28-29H,1-5H3,(H,32,35)/t28-,29+/m0/s1. The Morgan fingerprint density at radius 3 is 2.20 bits per heavy atom. The molecule has 2 aromatic heterocycles. The van der Waals surface area contributed by atoms with E-state index in [4.69, 9.17) is 17.2 Å². The number of rotatable bonds is 5. The Kier molecular flexibility index (Phi) is 6.20. The largest absolute Gasteiger partial charge is 0.351 e. The summed E-state index contributed by atoms with van der Waals surface area (Å²) in [5.74, 6) is 0.484. The number of anilines is 1. The van der Waals surface area contributed by atoms with Gasteiger partial charge in [0.2, 0.25) is 0 Å². The lowest BCUT2D eigenvalue weighted by Gasteiger charge is -2.28. The van der Waals surface area contributed by atoms with E-state index in [2.05, 4.69) is 110 Å². The van der Waals surface area contributed by atoms with Crippen molar-refractivity contribution in [3.63, 3.8) is 0 Å². The second-order valence-corrected chi connectivity index (χ2v) is 10.1. The van der Waals surface area contributed by atoms with Crippen molar-refractivity contribution in [3.8, 4) is 5.69 Å².